The third-order valence-corrected chi connectivity index (χ3v) is 4.12. The minimum Gasteiger partial charge on any atom is -0.488 e. The number of carbonyl (C=O) groups excluding carboxylic acids is 1. The van der Waals surface area contributed by atoms with Gasteiger partial charge in [-0.15, -0.1) is 0 Å². The van der Waals surface area contributed by atoms with E-state index in [1.165, 1.54) is 0 Å². The van der Waals surface area contributed by atoms with Crippen molar-refractivity contribution in [3.05, 3.63) is 59.4 Å². The van der Waals surface area contributed by atoms with Crippen LogP contribution in [-0.2, 0) is 11.2 Å². The van der Waals surface area contributed by atoms with E-state index >= 15 is 0 Å². The van der Waals surface area contributed by atoms with E-state index in [4.69, 9.17) is 16.3 Å². The van der Waals surface area contributed by atoms with E-state index in [-0.39, 0.29) is 12.0 Å². The largest absolute Gasteiger partial charge is 0.488 e. The molecule has 0 saturated carbocycles. The van der Waals surface area contributed by atoms with Gasteiger partial charge in [0.25, 0.3) is 0 Å². The van der Waals surface area contributed by atoms with Crippen LogP contribution in [0.3, 0.4) is 0 Å². The Morgan fingerprint density at radius 2 is 2.05 bits per heavy atom. The average Bonchev–Trinajstić information content (AvgIpc) is 2.99. The second-order valence-electron chi connectivity index (χ2n) is 5.32. The molecule has 2 heterocycles. The third-order valence-electron chi connectivity index (χ3n) is 3.75. The molecule has 1 aliphatic rings. The Bertz CT molecular complexity index is 648. The van der Waals surface area contributed by atoms with Gasteiger partial charge in [-0.05, 0) is 23.8 Å². The smallest absolute Gasteiger partial charge is 0.227 e. The number of ether oxygens (including phenoxy) is 1. The van der Waals surface area contributed by atoms with Crippen LogP contribution in [0.15, 0.2) is 48.8 Å². The van der Waals surface area contributed by atoms with Crippen LogP contribution in [0.25, 0.3) is 0 Å². The summed E-state index contributed by atoms with van der Waals surface area (Å²) in [6.45, 7) is 1.34. The van der Waals surface area contributed by atoms with Crippen LogP contribution in [0.4, 0.5) is 0 Å². The van der Waals surface area contributed by atoms with E-state index in [0.29, 0.717) is 18.0 Å². The highest BCUT2D eigenvalue weighted by molar-refractivity contribution is 6.31. The van der Waals surface area contributed by atoms with E-state index in [0.717, 1.165) is 24.3 Å². The van der Waals surface area contributed by atoms with Crippen molar-refractivity contribution in [2.45, 2.75) is 18.9 Å². The molecule has 1 aromatic heterocycles. The number of hydrogen-bond acceptors (Lipinski definition) is 3. The Morgan fingerprint density at radius 1 is 1.27 bits per heavy atom. The van der Waals surface area contributed by atoms with Gasteiger partial charge in [-0.1, -0.05) is 29.8 Å². The van der Waals surface area contributed by atoms with Crippen molar-refractivity contribution in [1.82, 2.24) is 9.88 Å². The standard InChI is InChI=1S/C17H17ClN2O2/c18-16-4-2-1-3-13(16)11-17(21)20-10-7-15(12-20)22-14-5-8-19-9-6-14/h1-6,8-9,15H,7,10-12H2/t15-/m1/s1. The molecular formula is C17H17ClN2O2. The lowest BCUT2D eigenvalue weighted by molar-refractivity contribution is -0.129. The summed E-state index contributed by atoms with van der Waals surface area (Å²) in [6.07, 6.45) is 4.62. The molecule has 1 saturated heterocycles. The number of likely N-dealkylation sites (tertiary alicyclic amines) is 1. The van der Waals surface area contributed by atoms with Gasteiger partial charge < -0.3 is 9.64 Å². The molecular weight excluding hydrogens is 300 g/mol. The fraction of sp³-hybridized carbons (Fsp3) is 0.294. The molecule has 22 heavy (non-hydrogen) atoms. The van der Waals surface area contributed by atoms with E-state index in [1.54, 1.807) is 12.4 Å². The number of carbonyl (C=O) groups is 1. The minimum absolute atomic E-state index is 0.0394. The molecule has 0 unspecified atom stereocenters. The predicted octanol–water partition coefficient (Wildman–Crippen LogP) is 2.96. The lowest BCUT2D eigenvalue weighted by Crippen LogP contribution is -2.32. The van der Waals surface area contributed by atoms with Crippen LogP contribution < -0.4 is 4.74 Å². The van der Waals surface area contributed by atoms with Crippen molar-refractivity contribution in [2.75, 3.05) is 13.1 Å². The fourth-order valence-electron chi connectivity index (χ4n) is 2.58. The lowest BCUT2D eigenvalue weighted by atomic mass is 10.1. The van der Waals surface area contributed by atoms with Crippen LogP contribution in [0, 0.1) is 0 Å². The Morgan fingerprint density at radius 3 is 2.82 bits per heavy atom. The summed E-state index contributed by atoms with van der Waals surface area (Å²) >= 11 is 6.11. The zero-order valence-corrected chi connectivity index (χ0v) is 12.9. The molecule has 3 rings (SSSR count). The SMILES string of the molecule is O=C(Cc1ccccc1Cl)N1CC[C@@H](Oc2ccncc2)C1. The van der Waals surface area contributed by atoms with Crippen molar-refractivity contribution in [3.63, 3.8) is 0 Å². The van der Waals surface area contributed by atoms with Crippen molar-refractivity contribution >= 4 is 17.5 Å². The molecule has 114 valence electrons. The number of hydrogen-bond donors (Lipinski definition) is 0. The number of aromatic nitrogens is 1. The first-order chi connectivity index (χ1) is 10.7. The van der Waals surface area contributed by atoms with Gasteiger partial charge >= 0.3 is 0 Å². The molecule has 0 aliphatic carbocycles. The molecule has 5 heteroatoms. The Labute approximate surface area is 134 Å². The van der Waals surface area contributed by atoms with Gasteiger partial charge in [-0.2, -0.15) is 0 Å². The number of halogens is 1. The van der Waals surface area contributed by atoms with Gasteiger partial charge in [-0.3, -0.25) is 9.78 Å². The van der Waals surface area contributed by atoms with E-state index in [9.17, 15) is 4.79 Å². The number of amides is 1. The highest BCUT2D eigenvalue weighted by atomic mass is 35.5. The van der Waals surface area contributed by atoms with Crippen LogP contribution in [0.1, 0.15) is 12.0 Å². The summed E-state index contributed by atoms with van der Waals surface area (Å²) in [4.78, 5) is 18.2. The molecule has 0 radical (unpaired) electrons. The minimum atomic E-state index is 0.0394. The summed E-state index contributed by atoms with van der Waals surface area (Å²) in [5.74, 6) is 0.884. The summed E-state index contributed by atoms with van der Waals surface area (Å²) in [5.41, 5.74) is 0.868. The summed E-state index contributed by atoms with van der Waals surface area (Å²) in [6, 6.07) is 11.1. The van der Waals surface area contributed by atoms with Crippen LogP contribution >= 0.6 is 11.6 Å². The molecule has 1 aromatic carbocycles. The maximum absolute atomic E-state index is 12.4. The maximum Gasteiger partial charge on any atom is 0.227 e. The van der Waals surface area contributed by atoms with Crippen molar-refractivity contribution in [1.29, 1.82) is 0 Å². The number of rotatable bonds is 4. The first kappa shape index (κ1) is 14.9. The zero-order valence-electron chi connectivity index (χ0n) is 12.1. The summed E-state index contributed by atoms with van der Waals surface area (Å²) < 4.78 is 5.87. The van der Waals surface area contributed by atoms with E-state index in [2.05, 4.69) is 4.98 Å². The topological polar surface area (TPSA) is 42.4 Å². The van der Waals surface area contributed by atoms with Crippen LogP contribution in [0.2, 0.25) is 5.02 Å². The highest BCUT2D eigenvalue weighted by Gasteiger charge is 2.27. The number of benzene rings is 1. The van der Waals surface area contributed by atoms with Crippen LogP contribution in [0.5, 0.6) is 5.75 Å². The summed E-state index contributed by atoms with van der Waals surface area (Å²) in [5, 5.41) is 0.639. The van der Waals surface area contributed by atoms with E-state index < -0.39 is 0 Å². The molecule has 2 aromatic rings. The van der Waals surface area contributed by atoms with Gasteiger partial charge in [0.2, 0.25) is 5.91 Å². The van der Waals surface area contributed by atoms with Crippen LogP contribution in [-0.4, -0.2) is 35.0 Å². The predicted molar refractivity (Wildman–Crippen MR) is 85.0 cm³/mol. The Balaban J connectivity index is 1.56. The third kappa shape index (κ3) is 3.57. The van der Waals surface area contributed by atoms with Gasteiger partial charge in [0.1, 0.15) is 11.9 Å². The van der Waals surface area contributed by atoms with Gasteiger partial charge in [0, 0.05) is 30.4 Å². The molecule has 1 aliphatic heterocycles. The second kappa shape index (κ2) is 6.79. The first-order valence-electron chi connectivity index (χ1n) is 7.30. The monoisotopic (exact) mass is 316 g/mol. The maximum atomic E-state index is 12.4. The molecule has 1 fully saturated rings. The first-order valence-corrected chi connectivity index (χ1v) is 7.68. The molecule has 1 amide bonds. The number of pyridine rings is 1. The normalized spacial score (nSPS) is 17.5. The molecule has 0 N–H and O–H groups in total. The van der Waals surface area contributed by atoms with Crippen molar-refractivity contribution in [3.8, 4) is 5.75 Å². The fourth-order valence-corrected chi connectivity index (χ4v) is 2.78. The average molecular weight is 317 g/mol. The Hall–Kier alpha value is -2.07. The zero-order chi connectivity index (χ0) is 15.4. The van der Waals surface area contributed by atoms with E-state index in [1.807, 2.05) is 41.3 Å². The number of nitrogens with zero attached hydrogens (tertiary/aromatic N) is 2. The van der Waals surface area contributed by atoms with Crippen molar-refractivity contribution < 1.29 is 9.53 Å². The van der Waals surface area contributed by atoms with Gasteiger partial charge in [0.05, 0.1) is 13.0 Å². The highest BCUT2D eigenvalue weighted by Crippen LogP contribution is 2.20. The molecule has 4 nitrogen and oxygen atoms in total. The second-order valence-corrected chi connectivity index (χ2v) is 5.73. The molecule has 0 bridgehead atoms. The van der Waals surface area contributed by atoms with Crippen molar-refractivity contribution in [2.24, 2.45) is 0 Å². The van der Waals surface area contributed by atoms with Gasteiger partial charge in [0.15, 0.2) is 0 Å². The summed E-state index contributed by atoms with van der Waals surface area (Å²) in [7, 11) is 0. The van der Waals surface area contributed by atoms with Gasteiger partial charge in [-0.25, -0.2) is 0 Å². The molecule has 0 spiro atoms. The molecule has 1 atom stereocenters. The Kier molecular flexibility index (Phi) is 4.59. The quantitative estimate of drug-likeness (QED) is 0.871. The lowest BCUT2D eigenvalue weighted by Gasteiger charge is -2.17.